The molecule has 6 nitrogen and oxygen atoms in total. The summed E-state index contributed by atoms with van der Waals surface area (Å²) in [6.45, 7) is 1.23. The highest BCUT2D eigenvalue weighted by Gasteiger charge is 2.07. The van der Waals surface area contributed by atoms with Gasteiger partial charge in [0.25, 0.3) is 0 Å². The predicted molar refractivity (Wildman–Crippen MR) is 88.5 cm³/mol. The maximum absolute atomic E-state index is 11.5. The number of hydrogen-bond donors (Lipinski definition) is 2. The standard InChI is InChI=1S/C14H20BrClN2O4/c1-20-13(21-2)9-18-14(19)17-6-3-7-22-12-5-4-10(15)8-11(12)16/h4-5,8,13H,3,6-7,9H2,1-2H3,(H2,17,18,19). The van der Waals surface area contributed by atoms with Crippen LogP contribution in [0.3, 0.4) is 0 Å². The molecule has 0 unspecified atom stereocenters. The van der Waals surface area contributed by atoms with E-state index in [1.54, 1.807) is 12.1 Å². The first-order valence-electron chi connectivity index (χ1n) is 6.72. The van der Waals surface area contributed by atoms with Gasteiger partial charge in [0, 0.05) is 25.2 Å². The Kier molecular flexibility index (Phi) is 9.22. The Labute approximate surface area is 143 Å². The summed E-state index contributed by atoms with van der Waals surface area (Å²) in [5.74, 6) is 0.623. The number of hydrogen-bond acceptors (Lipinski definition) is 4. The normalized spacial score (nSPS) is 10.6. The molecule has 2 amide bonds. The van der Waals surface area contributed by atoms with Crippen LogP contribution in [0, 0.1) is 0 Å². The Bertz CT molecular complexity index is 472. The lowest BCUT2D eigenvalue weighted by atomic mass is 10.3. The van der Waals surface area contributed by atoms with Crippen LogP contribution in [0.4, 0.5) is 4.79 Å². The van der Waals surface area contributed by atoms with Gasteiger partial charge in [0.05, 0.1) is 18.2 Å². The van der Waals surface area contributed by atoms with E-state index in [0.29, 0.717) is 30.3 Å². The average Bonchev–Trinajstić information content (AvgIpc) is 2.50. The smallest absolute Gasteiger partial charge is 0.314 e. The number of ether oxygens (including phenoxy) is 3. The molecule has 22 heavy (non-hydrogen) atoms. The summed E-state index contributed by atoms with van der Waals surface area (Å²) in [4.78, 5) is 11.5. The van der Waals surface area contributed by atoms with Crippen molar-refractivity contribution in [3.8, 4) is 5.75 Å². The highest BCUT2D eigenvalue weighted by Crippen LogP contribution is 2.27. The lowest BCUT2D eigenvalue weighted by molar-refractivity contribution is -0.0971. The van der Waals surface area contributed by atoms with Crippen LogP contribution < -0.4 is 15.4 Å². The van der Waals surface area contributed by atoms with Crippen molar-refractivity contribution in [2.24, 2.45) is 0 Å². The van der Waals surface area contributed by atoms with Gasteiger partial charge in [-0.25, -0.2) is 4.79 Å². The van der Waals surface area contributed by atoms with E-state index in [4.69, 9.17) is 25.8 Å². The molecule has 0 heterocycles. The number of rotatable bonds is 9. The Balaban J connectivity index is 2.13. The molecule has 0 saturated heterocycles. The van der Waals surface area contributed by atoms with Crippen molar-refractivity contribution in [2.45, 2.75) is 12.7 Å². The van der Waals surface area contributed by atoms with Crippen molar-refractivity contribution >= 4 is 33.6 Å². The van der Waals surface area contributed by atoms with Gasteiger partial charge >= 0.3 is 6.03 Å². The summed E-state index contributed by atoms with van der Waals surface area (Å²) < 4.78 is 16.4. The Morgan fingerprint density at radius 1 is 1.32 bits per heavy atom. The van der Waals surface area contributed by atoms with Crippen molar-refractivity contribution < 1.29 is 19.0 Å². The molecule has 0 aliphatic rings. The number of carbonyl (C=O) groups excluding carboxylic acids is 1. The van der Waals surface area contributed by atoms with E-state index in [9.17, 15) is 4.79 Å². The van der Waals surface area contributed by atoms with Gasteiger partial charge in [-0.2, -0.15) is 0 Å². The molecule has 0 aromatic heterocycles. The van der Waals surface area contributed by atoms with E-state index in [-0.39, 0.29) is 12.6 Å². The minimum absolute atomic E-state index is 0.277. The number of benzene rings is 1. The van der Waals surface area contributed by atoms with Gasteiger partial charge in [-0.05, 0) is 24.6 Å². The lowest BCUT2D eigenvalue weighted by Gasteiger charge is -2.14. The number of nitrogens with one attached hydrogen (secondary N) is 2. The van der Waals surface area contributed by atoms with E-state index >= 15 is 0 Å². The molecule has 2 N–H and O–H groups in total. The summed E-state index contributed by atoms with van der Waals surface area (Å²) in [6, 6.07) is 5.14. The van der Waals surface area contributed by atoms with Gasteiger partial charge in [0.1, 0.15) is 5.75 Å². The van der Waals surface area contributed by atoms with Gasteiger partial charge in [-0.3, -0.25) is 0 Å². The van der Waals surface area contributed by atoms with Crippen LogP contribution in [0.15, 0.2) is 22.7 Å². The second kappa shape index (κ2) is 10.7. The van der Waals surface area contributed by atoms with Crippen LogP contribution >= 0.6 is 27.5 Å². The molecule has 0 bridgehead atoms. The fourth-order valence-corrected chi connectivity index (χ4v) is 2.28. The highest BCUT2D eigenvalue weighted by molar-refractivity contribution is 9.10. The molecule has 0 spiro atoms. The molecule has 0 atom stereocenters. The maximum atomic E-state index is 11.5. The summed E-state index contributed by atoms with van der Waals surface area (Å²) >= 11 is 9.36. The zero-order chi connectivity index (χ0) is 16.4. The fourth-order valence-electron chi connectivity index (χ4n) is 1.55. The third-order valence-electron chi connectivity index (χ3n) is 2.71. The van der Waals surface area contributed by atoms with Crippen LogP contribution in [-0.2, 0) is 9.47 Å². The summed E-state index contributed by atoms with van der Waals surface area (Å²) in [7, 11) is 3.02. The van der Waals surface area contributed by atoms with Crippen molar-refractivity contribution in [3.05, 3.63) is 27.7 Å². The van der Waals surface area contributed by atoms with Crippen molar-refractivity contribution in [1.82, 2.24) is 10.6 Å². The molecule has 0 saturated carbocycles. The molecule has 124 valence electrons. The van der Waals surface area contributed by atoms with E-state index in [0.717, 1.165) is 4.47 Å². The maximum Gasteiger partial charge on any atom is 0.314 e. The first-order valence-corrected chi connectivity index (χ1v) is 7.89. The van der Waals surface area contributed by atoms with Crippen molar-refractivity contribution in [2.75, 3.05) is 33.9 Å². The zero-order valence-electron chi connectivity index (χ0n) is 12.5. The SMILES string of the molecule is COC(CNC(=O)NCCCOc1ccc(Br)cc1Cl)OC. The summed E-state index contributed by atoms with van der Waals surface area (Å²) in [5, 5.41) is 5.90. The van der Waals surface area contributed by atoms with Gasteiger partial charge in [0.15, 0.2) is 6.29 Å². The number of methoxy groups -OCH3 is 2. The van der Waals surface area contributed by atoms with Gasteiger partial charge < -0.3 is 24.8 Å². The minimum atomic E-state index is -0.450. The largest absolute Gasteiger partial charge is 0.492 e. The van der Waals surface area contributed by atoms with Crippen LogP contribution in [-0.4, -0.2) is 46.2 Å². The Hall–Kier alpha value is -1.02. The molecular formula is C14H20BrClN2O4. The molecule has 0 radical (unpaired) electrons. The molecular weight excluding hydrogens is 376 g/mol. The quantitative estimate of drug-likeness (QED) is 0.498. The molecule has 1 aromatic carbocycles. The third kappa shape index (κ3) is 7.31. The molecule has 0 aliphatic carbocycles. The van der Waals surface area contributed by atoms with Gasteiger partial charge in [-0.1, -0.05) is 27.5 Å². The Morgan fingerprint density at radius 3 is 2.68 bits per heavy atom. The van der Waals surface area contributed by atoms with Crippen LogP contribution in [0.2, 0.25) is 5.02 Å². The van der Waals surface area contributed by atoms with Crippen molar-refractivity contribution in [3.63, 3.8) is 0 Å². The molecule has 1 aromatic rings. The predicted octanol–water partition coefficient (Wildman–Crippen LogP) is 2.79. The number of amides is 2. The van der Waals surface area contributed by atoms with E-state index < -0.39 is 6.29 Å². The topological polar surface area (TPSA) is 68.8 Å². The van der Waals surface area contributed by atoms with E-state index in [1.807, 2.05) is 6.07 Å². The molecule has 0 fully saturated rings. The first-order chi connectivity index (χ1) is 10.6. The zero-order valence-corrected chi connectivity index (χ0v) is 14.9. The third-order valence-corrected chi connectivity index (χ3v) is 3.50. The van der Waals surface area contributed by atoms with Gasteiger partial charge in [-0.15, -0.1) is 0 Å². The average molecular weight is 396 g/mol. The highest BCUT2D eigenvalue weighted by atomic mass is 79.9. The van der Waals surface area contributed by atoms with E-state index in [1.165, 1.54) is 14.2 Å². The summed E-state index contributed by atoms with van der Waals surface area (Å²) in [6.07, 6.45) is 0.214. The molecule has 0 aliphatic heterocycles. The first kappa shape index (κ1) is 19.0. The lowest BCUT2D eigenvalue weighted by Crippen LogP contribution is -2.41. The van der Waals surface area contributed by atoms with Crippen molar-refractivity contribution in [1.29, 1.82) is 0 Å². The summed E-state index contributed by atoms with van der Waals surface area (Å²) in [5.41, 5.74) is 0. The van der Waals surface area contributed by atoms with Gasteiger partial charge in [0.2, 0.25) is 0 Å². The minimum Gasteiger partial charge on any atom is -0.492 e. The monoisotopic (exact) mass is 394 g/mol. The van der Waals surface area contributed by atoms with Crippen LogP contribution in [0.25, 0.3) is 0 Å². The van der Waals surface area contributed by atoms with Crippen LogP contribution in [0.1, 0.15) is 6.42 Å². The number of carbonyl (C=O) groups is 1. The second-order valence-corrected chi connectivity index (χ2v) is 5.64. The van der Waals surface area contributed by atoms with Crippen LogP contribution in [0.5, 0.6) is 5.75 Å². The Morgan fingerprint density at radius 2 is 2.05 bits per heavy atom. The molecule has 1 rings (SSSR count). The fraction of sp³-hybridized carbons (Fsp3) is 0.500. The number of halogens is 2. The second-order valence-electron chi connectivity index (χ2n) is 4.31. The van der Waals surface area contributed by atoms with E-state index in [2.05, 4.69) is 26.6 Å². The number of urea groups is 1. The molecule has 8 heteroatoms.